The summed E-state index contributed by atoms with van der Waals surface area (Å²) in [5.41, 5.74) is 3.10. The van der Waals surface area contributed by atoms with Crippen LogP contribution in [0.2, 0.25) is 5.02 Å². The standard InChI is InChI=1S/C26H26ClN3O3/c1-16(2)32-24-10-8-18(11-23(24)27)26-28-25(29-33-26)22-9-7-19(14-30-12-17(13-30)15-31)20-5-3-4-6-21(20)22/h3-11,15-17,26H,12-14H2,1-2H3,(H,28,29). The predicted molar refractivity (Wildman–Crippen MR) is 129 cm³/mol. The second kappa shape index (κ2) is 9.04. The second-order valence-electron chi connectivity index (χ2n) is 8.83. The maximum absolute atomic E-state index is 10.9. The van der Waals surface area contributed by atoms with Gasteiger partial charge in [0.05, 0.1) is 11.1 Å². The molecule has 3 aromatic rings. The number of fused-ring (bicyclic) bond motifs is 1. The summed E-state index contributed by atoms with van der Waals surface area (Å²) in [7, 11) is 0. The van der Waals surface area contributed by atoms with Gasteiger partial charge in [0, 0.05) is 36.7 Å². The summed E-state index contributed by atoms with van der Waals surface area (Å²) in [6, 6.07) is 18.2. The largest absolute Gasteiger partial charge is 0.489 e. The lowest BCUT2D eigenvalue weighted by molar-refractivity contribution is -0.115. The zero-order valence-electron chi connectivity index (χ0n) is 18.6. The molecule has 1 unspecified atom stereocenters. The number of likely N-dealkylation sites (tertiary alicyclic amines) is 1. The Morgan fingerprint density at radius 3 is 2.70 bits per heavy atom. The molecule has 1 atom stereocenters. The maximum Gasteiger partial charge on any atom is 0.224 e. The van der Waals surface area contributed by atoms with Crippen LogP contribution in [0.1, 0.15) is 36.8 Å². The molecule has 0 spiro atoms. The number of ether oxygens (including phenoxy) is 1. The zero-order valence-corrected chi connectivity index (χ0v) is 19.4. The Hall–Kier alpha value is -3.09. The zero-order chi connectivity index (χ0) is 22.9. The van der Waals surface area contributed by atoms with Crippen LogP contribution >= 0.6 is 11.6 Å². The first-order valence-electron chi connectivity index (χ1n) is 11.2. The van der Waals surface area contributed by atoms with Crippen molar-refractivity contribution in [1.29, 1.82) is 0 Å². The number of amidine groups is 1. The van der Waals surface area contributed by atoms with Gasteiger partial charge in [-0.25, -0.2) is 0 Å². The Bertz CT molecular complexity index is 1220. The molecular weight excluding hydrogens is 438 g/mol. The fourth-order valence-electron chi connectivity index (χ4n) is 4.35. The Kier molecular flexibility index (Phi) is 5.96. The number of carbonyl (C=O) groups is 1. The van der Waals surface area contributed by atoms with E-state index in [1.54, 1.807) is 0 Å². The molecule has 0 aliphatic carbocycles. The topological polar surface area (TPSA) is 63.2 Å². The molecule has 1 fully saturated rings. The smallest absolute Gasteiger partial charge is 0.224 e. The lowest BCUT2D eigenvalue weighted by Gasteiger charge is -2.36. The number of benzene rings is 3. The number of nitrogens with zero attached hydrogens (tertiary/aromatic N) is 2. The van der Waals surface area contributed by atoms with Gasteiger partial charge >= 0.3 is 0 Å². The molecule has 2 aliphatic heterocycles. The summed E-state index contributed by atoms with van der Waals surface area (Å²) >= 11 is 6.41. The van der Waals surface area contributed by atoms with Crippen LogP contribution in [0.15, 0.2) is 59.8 Å². The van der Waals surface area contributed by atoms with Crippen molar-refractivity contribution in [2.45, 2.75) is 32.7 Å². The van der Waals surface area contributed by atoms with Gasteiger partial charge in [-0.05, 0) is 48.4 Å². The van der Waals surface area contributed by atoms with Crippen molar-refractivity contribution in [2.24, 2.45) is 11.1 Å². The highest BCUT2D eigenvalue weighted by Crippen LogP contribution is 2.32. The molecule has 7 heteroatoms. The minimum Gasteiger partial charge on any atom is -0.489 e. The summed E-state index contributed by atoms with van der Waals surface area (Å²) in [5, 5.41) is 10.5. The molecule has 0 saturated carbocycles. The van der Waals surface area contributed by atoms with Crippen molar-refractivity contribution in [1.82, 2.24) is 10.2 Å². The molecule has 2 heterocycles. The van der Waals surface area contributed by atoms with Gasteiger partial charge in [-0.15, -0.1) is 0 Å². The Morgan fingerprint density at radius 2 is 1.97 bits per heavy atom. The normalized spacial score (nSPS) is 18.5. The third-order valence-corrected chi connectivity index (χ3v) is 6.28. The van der Waals surface area contributed by atoms with E-state index in [0.717, 1.165) is 42.4 Å². The van der Waals surface area contributed by atoms with Crippen LogP contribution in [0.3, 0.4) is 0 Å². The van der Waals surface area contributed by atoms with Crippen LogP contribution in [0, 0.1) is 5.92 Å². The van der Waals surface area contributed by atoms with Gasteiger partial charge in [0.15, 0.2) is 5.84 Å². The Labute approximate surface area is 198 Å². The van der Waals surface area contributed by atoms with Crippen molar-refractivity contribution in [3.63, 3.8) is 0 Å². The third kappa shape index (κ3) is 4.41. The summed E-state index contributed by atoms with van der Waals surface area (Å²) in [6.07, 6.45) is 0.675. The molecule has 6 nitrogen and oxygen atoms in total. The lowest BCUT2D eigenvalue weighted by Crippen LogP contribution is -2.46. The van der Waals surface area contributed by atoms with E-state index in [-0.39, 0.29) is 12.0 Å². The van der Waals surface area contributed by atoms with Crippen molar-refractivity contribution >= 4 is 34.5 Å². The van der Waals surface area contributed by atoms with E-state index >= 15 is 0 Å². The fraction of sp³-hybridized carbons (Fsp3) is 0.308. The molecule has 1 saturated heterocycles. The van der Waals surface area contributed by atoms with Crippen molar-refractivity contribution < 1.29 is 14.4 Å². The second-order valence-corrected chi connectivity index (χ2v) is 9.24. The van der Waals surface area contributed by atoms with Gasteiger partial charge in [0.25, 0.3) is 0 Å². The van der Waals surface area contributed by atoms with Gasteiger partial charge in [0.1, 0.15) is 12.0 Å². The molecule has 0 radical (unpaired) electrons. The number of hydrogen-bond donors (Lipinski definition) is 1. The number of nitrogens with one attached hydrogen (secondary N) is 1. The van der Waals surface area contributed by atoms with Crippen molar-refractivity contribution in [3.8, 4) is 5.75 Å². The van der Waals surface area contributed by atoms with E-state index in [1.807, 2.05) is 44.2 Å². The summed E-state index contributed by atoms with van der Waals surface area (Å²) in [6.45, 7) is 6.41. The minimum absolute atomic E-state index is 0.0490. The first-order valence-corrected chi connectivity index (χ1v) is 11.5. The molecule has 2 aliphatic rings. The molecule has 0 aromatic heterocycles. The number of carbonyl (C=O) groups excluding carboxylic acids is 1. The van der Waals surface area contributed by atoms with E-state index in [0.29, 0.717) is 16.6 Å². The fourth-order valence-corrected chi connectivity index (χ4v) is 4.59. The number of oxime groups is 1. The molecular formula is C26H26ClN3O3. The number of rotatable bonds is 7. The lowest BCUT2D eigenvalue weighted by atomic mass is 9.96. The SMILES string of the molecule is CC(C)Oc1ccc(C2NC(c3ccc(CN4CC(C=O)C4)c4ccccc34)=NO2)cc1Cl. The number of halogens is 1. The van der Waals surface area contributed by atoms with Crippen molar-refractivity contribution in [3.05, 3.63) is 76.3 Å². The van der Waals surface area contributed by atoms with Crippen LogP contribution in [0.25, 0.3) is 10.8 Å². The summed E-state index contributed by atoms with van der Waals surface area (Å²) in [5.74, 6) is 1.50. The third-order valence-electron chi connectivity index (χ3n) is 5.98. The van der Waals surface area contributed by atoms with Gasteiger partial charge in [-0.2, -0.15) is 0 Å². The molecule has 0 amide bonds. The van der Waals surface area contributed by atoms with E-state index < -0.39 is 6.23 Å². The molecule has 3 aromatic carbocycles. The summed E-state index contributed by atoms with van der Waals surface area (Å²) < 4.78 is 5.72. The van der Waals surface area contributed by atoms with Crippen LogP contribution in [-0.2, 0) is 16.2 Å². The quantitative estimate of drug-likeness (QED) is 0.505. The van der Waals surface area contributed by atoms with E-state index in [2.05, 4.69) is 39.6 Å². The van der Waals surface area contributed by atoms with E-state index in [9.17, 15) is 4.79 Å². The molecule has 0 bridgehead atoms. The van der Waals surface area contributed by atoms with E-state index in [1.165, 1.54) is 10.9 Å². The average molecular weight is 464 g/mol. The average Bonchev–Trinajstić information content (AvgIpc) is 3.27. The van der Waals surface area contributed by atoms with Crippen LogP contribution < -0.4 is 10.1 Å². The number of aldehydes is 1. The molecule has 1 N–H and O–H groups in total. The molecule has 5 rings (SSSR count). The Morgan fingerprint density at radius 1 is 1.18 bits per heavy atom. The monoisotopic (exact) mass is 463 g/mol. The van der Waals surface area contributed by atoms with Crippen LogP contribution in [-0.4, -0.2) is 36.2 Å². The highest BCUT2D eigenvalue weighted by Gasteiger charge is 2.28. The first-order chi connectivity index (χ1) is 16.0. The Balaban J connectivity index is 1.36. The van der Waals surface area contributed by atoms with Gasteiger partial charge in [-0.1, -0.05) is 53.2 Å². The summed E-state index contributed by atoms with van der Waals surface area (Å²) in [4.78, 5) is 18.9. The molecule has 170 valence electrons. The maximum atomic E-state index is 10.9. The number of hydrogen-bond acceptors (Lipinski definition) is 6. The van der Waals surface area contributed by atoms with Gasteiger partial charge in [-0.3, -0.25) is 4.90 Å². The molecule has 33 heavy (non-hydrogen) atoms. The van der Waals surface area contributed by atoms with Gasteiger partial charge < -0.3 is 19.7 Å². The van der Waals surface area contributed by atoms with Crippen LogP contribution in [0.5, 0.6) is 5.75 Å². The highest BCUT2D eigenvalue weighted by atomic mass is 35.5. The van der Waals surface area contributed by atoms with Crippen LogP contribution in [0.4, 0.5) is 0 Å². The first kappa shape index (κ1) is 21.7. The van der Waals surface area contributed by atoms with Crippen molar-refractivity contribution in [2.75, 3.05) is 13.1 Å². The predicted octanol–water partition coefficient (Wildman–Crippen LogP) is 4.89. The van der Waals surface area contributed by atoms with E-state index in [4.69, 9.17) is 21.2 Å². The van der Waals surface area contributed by atoms with Gasteiger partial charge in [0.2, 0.25) is 6.23 Å². The minimum atomic E-state index is -0.426. The highest BCUT2D eigenvalue weighted by molar-refractivity contribution is 6.32.